The lowest BCUT2D eigenvalue weighted by Crippen LogP contribution is -2.64. The second-order valence-corrected chi connectivity index (χ2v) is 9.44. The first-order valence-corrected chi connectivity index (χ1v) is 12.6. The smallest absolute Gasteiger partial charge is 0.303 e. The lowest BCUT2D eigenvalue weighted by molar-refractivity contribution is -0.239. The average molecular weight is 585 g/mol. The van der Waals surface area contributed by atoms with Crippen molar-refractivity contribution < 1.29 is 42.9 Å². The largest absolute Gasteiger partial charge is 0.484 e. The number of halogens is 1. The van der Waals surface area contributed by atoms with E-state index in [-0.39, 0.29) is 18.0 Å². The molecule has 0 unspecified atom stereocenters. The molecule has 1 N–H and O–H groups in total. The second kappa shape index (κ2) is 13.0. The van der Waals surface area contributed by atoms with Gasteiger partial charge in [0.2, 0.25) is 5.91 Å². The summed E-state index contributed by atoms with van der Waals surface area (Å²) in [4.78, 5) is 47.8. The Morgan fingerprint density at radius 2 is 1.69 bits per heavy atom. The number of carbonyl (C=O) groups excluding carboxylic acids is 4. The first kappa shape index (κ1) is 30.1. The minimum Gasteiger partial charge on any atom is -0.484 e. The molecule has 0 radical (unpaired) electrons. The molecule has 2 heterocycles. The minimum absolute atomic E-state index is 0.0191. The Morgan fingerprint density at radius 3 is 2.28 bits per heavy atom. The summed E-state index contributed by atoms with van der Waals surface area (Å²) in [6.45, 7) is 4.41. The SMILES string of the molecule is CC(=O)N[C@@H]1[C@@H](OC(C)=O)[C@H](OC(C)=O)[C@@H](COC(C)=O)O[C@H]1n1nc(COc2ccccc2Cl)n(C)c1=S. The van der Waals surface area contributed by atoms with Crippen molar-refractivity contribution in [1.29, 1.82) is 0 Å². The van der Waals surface area contributed by atoms with Crippen LogP contribution in [0.4, 0.5) is 0 Å². The highest BCUT2D eigenvalue weighted by Gasteiger charge is 2.52. The number of esters is 3. The fourth-order valence-corrected chi connectivity index (χ4v) is 4.45. The molecule has 5 atom stereocenters. The molecular formula is C24H29ClN4O9S. The number of hydrogen-bond acceptors (Lipinski definition) is 11. The lowest BCUT2D eigenvalue weighted by atomic mass is 9.95. The lowest BCUT2D eigenvalue weighted by Gasteiger charge is -2.45. The van der Waals surface area contributed by atoms with Crippen LogP contribution in [0.15, 0.2) is 24.3 Å². The molecule has 0 aliphatic carbocycles. The summed E-state index contributed by atoms with van der Waals surface area (Å²) in [5, 5.41) is 7.64. The molecule has 2 aromatic rings. The van der Waals surface area contributed by atoms with E-state index in [1.54, 1.807) is 35.9 Å². The third-order valence-electron chi connectivity index (χ3n) is 5.62. The van der Waals surface area contributed by atoms with E-state index in [1.165, 1.54) is 18.5 Å². The third kappa shape index (κ3) is 7.55. The van der Waals surface area contributed by atoms with Gasteiger partial charge in [-0.15, -0.1) is 0 Å². The Bertz CT molecular complexity index is 1300. The maximum Gasteiger partial charge on any atom is 0.303 e. The van der Waals surface area contributed by atoms with Gasteiger partial charge >= 0.3 is 17.9 Å². The van der Waals surface area contributed by atoms with Gasteiger partial charge in [0.15, 0.2) is 29.0 Å². The number of hydrogen-bond donors (Lipinski definition) is 1. The molecule has 0 saturated carbocycles. The van der Waals surface area contributed by atoms with Crippen LogP contribution in [0.25, 0.3) is 0 Å². The van der Waals surface area contributed by atoms with Crippen LogP contribution in [-0.2, 0) is 51.8 Å². The van der Waals surface area contributed by atoms with E-state index in [1.807, 2.05) is 0 Å². The van der Waals surface area contributed by atoms with Crippen LogP contribution < -0.4 is 10.1 Å². The predicted molar refractivity (Wildman–Crippen MR) is 137 cm³/mol. The molecule has 39 heavy (non-hydrogen) atoms. The van der Waals surface area contributed by atoms with E-state index in [9.17, 15) is 19.2 Å². The predicted octanol–water partition coefficient (Wildman–Crippen LogP) is 2.01. The van der Waals surface area contributed by atoms with Gasteiger partial charge in [0.25, 0.3) is 0 Å². The molecule has 1 aromatic heterocycles. The van der Waals surface area contributed by atoms with E-state index in [0.717, 1.165) is 13.8 Å². The van der Waals surface area contributed by atoms with Crippen LogP contribution in [0.5, 0.6) is 5.75 Å². The summed E-state index contributed by atoms with van der Waals surface area (Å²) < 4.78 is 31.1. The van der Waals surface area contributed by atoms with Gasteiger partial charge in [0, 0.05) is 34.7 Å². The van der Waals surface area contributed by atoms with Gasteiger partial charge in [-0.2, -0.15) is 5.10 Å². The number of para-hydroxylation sites is 1. The van der Waals surface area contributed by atoms with Crippen molar-refractivity contribution in [1.82, 2.24) is 19.7 Å². The molecule has 15 heteroatoms. The molecule has 1 fully saturated rings. The molecule has 1 aliphatic rings. The van der Waals surface area contributed by atoms with Crippen LogP contribution in [0, 0.1) is 4.77 Å². The monoisotopic (exact) mass is 584 g/mol. The average Bonchev–Trinajstić information content (AvgIpc) is 3.12. The van der Waals surface area contributed by atoms with Crippen LogP contribution in [0.3, 0.4) is 0 Å². The van der Waals surface area contributed by atoms with Gasteiger partial charge in [-0.25, -0.2) is 4.68 Å². The number of ether oxygens (including phenoxy) is 5. The van der Waals surface area contributed by atoms with Crippen molar-refractivity contribution in [3.05, 3.63) is 39.9 Å². The summed E-state index contributed by atoms with van der Waals surface area (Å²) in [5.74, 6) is -1.70. The van der Waals surface area contributed by atoms with Crippen molar-refractivity contribution in [3.63, 3.8) is 0 Å². The van der Waals surface area contributed by atoms with E-state index in [4.69, 9.17) is 47.5 Å². The van der Waals surface area contributed by atoms with Crippen molar-refractivity contribution >= 4 is 47.6 Å². The number of carbonyl (C=O) groups is 4. The maximum atomic E-state index is 12.2. The van der Waals surface area contributed by atoms with Crippen LogP contribution >= 0.6 is 23.8 Å². The van der Waals surface area contributed by atoms with E-state index >= 15 is 0 Å². The van der Waals surface area contributed by atoms with Crippen molar-refractivity contribution in [2.45, 2.75) is 64.9 Å². The van der Waals surface area contributed by atoms with Crippen molar-refractivity contribution in [2.75, 3.05) is 6.61 Å². The Morgan fingerprint density at radius 1 is 1.05 bits per heavy atom. The Balaban J connectivity index is 2.05. The quantitative estimate of drug-likeness (QED) is 0.262. The standard InChI is InChI=1S/C24H29ClN4O9S/c1-12(30)26-20-22(37-15(4)33)21(36-14(3)32)18(10-34-13(2)31)38-23(20)29-24(39)28(5)19(27-29)11-35-17-9-7-6-8-16(17)25/h6-9,18,20-23H,10-11H2,1-5H3,(H,26,30)/t18-,20-,21-,22-,23-/m1/s1. The zero-order chi connectivity index (χ0) is 28.9. The van der Waals surface area contributed by atoms with Gasteiger partial charge in [0.05, 0.1) is 5.02 Å². The summed E-state index contributed by atoms with van der Waals surface area (Å²) >= 11 is 11.8. The topological polar surface area (TPSA) is 149 Å². The fraction of sp³-hybridized carbons (Fsp3) is 0.500. The molecule has 1 aromatic carbocycles. The highest BCUT2D eigenvalue weighted by Crippen LogP contribution is 2.33. The summed E-state index contributed by atoms with van der Waals surface area (Å²) in [5.41, 5.74) is 0. The van der Waals surface area contributed by atoms with Gasteiger partial charge < -0.3 is 33.6 Å². The van der Waals surface area contributed by atoms with Crippen LogP contribution in [0.2, 0.25) is 5.02 Å². The van der Waals surface area contributed by atoms with Crippen LogP contribution in [-0.4, -0.2) is 69.1 Å². The number of nitrogens with zero attached hydrogens (tertiary/aromatic N) is 3. The number of rotatable bonds is 9. The Hall–Kier alpha value is -3.49. The van der Waals surface area contributed by atoms with E-state index in [0.29, 0.717) is 16.6 Å². The number of nitrogens with one attached hydrogen (secondary N) is 1. The zero-order valence-corrected chi connectivity index (χ0v) is 23.5. The molecule has 13 nitrogen and oxygen atoms in total. The first-order valence-electron chi connectivity index (χ1n) is 11.8. The zero-order valence-electron chi connectivity index (χ0n) is 21.9. The molecule has 0 bridgehead atoms. The normalized spacial score (nSPS) is 22.5. The molecule has 1 saturated heterocycles. The van der Waals surface area contributed by atoms with Gasteiger partial charge in [-0.3, -0.25) is 19.2 Å². The molecular weight excluding hydrogens is 556 g/mol. The summed E-state index contributed by atoms with van der Waals surface area (Å²) in [7, 11) is 1.66. The maximum absolute atomic E-state index is 12.2. The van der Waals surface area contributed by atoms with Gasteiger partial charge in [-0.05, 0) is 24.4 Å². The van der Waals surface area contributed by atoms with Crippen molar-refractivity contribution in [3.8, 4) is 5.75 Å². The molecule has 1 amide bonds. The number of aromatic nitrogens is 3. The van der Waals surface area contributed by atoms with Gasteiger partial charge in [-0.1, -0.05) is 23.7 Å². The van der Waals surface area contributed by atoms with Gasteiger partial charge in [0.1, 0.15) is 31.1 Å². The number of benzene rings is 1. The van der Waals surface area contributed by atoms with Crippen LogP contribution in [0.1, 0.15) is 39.7 Å². The summed E-state index contributed by atoms with van der Waals surface area (Å²) in [6, 6.07) is 5.80. The Kier molecular flexibility index (Phi) is 10.1. The molecule has 0 spiro atoms. The fourth-order valence-electron chi connectivity index (χ4n) is 4.01. The second-order valence-electron chi connectivity index (χ2n) is 8.66. The van der Waals surface area contributed by atoms with E-state index in [2.05, 4.69) is 10.4 Å². The Labute approximate surface area is 234 Å². The highest BCUT2D eigenvalue weighted by atomic mass is 35.5. The summed E-state index contributed by atoms with van der Waals surface area (Å²) in [6.07, 6.45) is -4.76. The van der Waals surface area contributed by atoms with E-state index < -0.39 is 54.4 Å². The third-order valence-corrected chi connectivity index (χ3v) is 6.39. The molecule has 212 valence electrons. The number of amides is 1. The first-order chi connectivity index (χ1) is 18.4. The molecule has 3 rings (SSSR count). The highest BCUT2D eigenvalue weighted by molar-refractivity contribution is 7.71. The molecule has 1 aliphatic heterocycles. The van der Waals surface area contributed by atoms with Crippen molar-refractivity contribution in [2.24, 2.45) is 7.05 Å². The minimum atomic E-state index is -1.25.